The van der Waals surface area contributed by atoms with Gasteiger partial charge in [0.05, 0.1) is 36.0 Å². The van der Waals surface area contributed by atoms with Gasteiger partial charge in [0.2, 0.25) is 0 Å². The molecule has 0 spiro atoms. The molecular weight excluding hydrogens is 628 g/mol. The molecule has 0 aromatic heterocycles. The van der Waals surface area contributed by atoms with Crippen molar-refractivity contribution in [3.63, 3.8) is 0 Å². The number of rotatable bonds is 14. The van der Waals surface area contributed by atoms with E-state index in [1.165, 1.54) is 29.8 Å². The van der Waals surface area contributed by atoms with Crippen molar-refractivity contribution in [3.05, 3.63) is 156 Å². The zero-order chi connectivity index (χ0) is 33.8. The molecule has 0 aliphatic heterocycles. The van der Waals surface area contributed by atoms with Gasteiger partial charge in [-0.1, -0.05) is 72.8 Å². The smallest absolute Gasteiger partial charge is 0.273 e. The van der Waals surface area contributed by atoms with E-state index in [1.54, 1.807) is 60.7 Å². The van der Waals surface area contributed by atoms with E-state index in [9.17, 15) is 18.0 Å². The summed E-state index contributed by atoms with van der Waals surface area (Å²) in [5, 5.41) is 6.90. The number of para-hydroxylation sites is 1. The molecule has 0 bridgehead atoms. The van der Waals surface area contributed by atoms with Crippen LogP contribution >= 0.6 is 0 Å². The lowest BCUT2D eigenvalue weighted by Gasteiger charge is -2.26. The molecule has 0 radical (unpaired) electrons. The number of benzene rings is 5. The second kappa shape index (κ2) is 16.1. The molecule has 2 N–H and O–H groups in total. The van der Waals surface area contributed by atoms with Crippen LogP contribution in [0.3, 0.4) is 0 Å². The molecule has 0 fully saturated rings. The number of hydrazone groups is 1. The summed E-state index contributed by atoms with van der Waals surface area (Å²) in [5.74, 6) is 0.180. The van der Waals surface area contributed by atoms with Gasteiger partial charge in [0.1, 0.15) is 11.5 Å². The number of ether oxygens (including phenoxy) is 2. The molecule has 0 unspecified atom stereocenters. The number of hydrogen-bond acceptors (Lipinski definition) is 7. The number of sulfonamides is 1. The first-order chi connectivity index (χ1) is 23.3. The third-order valence-electron chi connectivity index (χ3n) is 7.20. The summed E-state index contributed by atoms with van der Waals surface area (Å²) in [4.78, 5) is 25.6. The molecule has 244 valence electrons. The van der Waals surface area contributed by atoms with Crippen molar-refractivity contribution in [1.82, 2.24) is 10.7 Å². The summed E-state index contributed by atoms with van der Waals surface area (Å²) >= 11 is 0. The quantitative estimate of drug-likeness (QED) is 0.119. The second-order valence-electron chi connectivity index (χ2n) is 10.5. The van der Waals surface area contributed by atoms with Crippen molar-refractivity contribution in [3.8, 4) is 11.5 Å². The van der Waals surface area contributed by atoms with Gasteiger partial charge < -0.3 is 14.8 Å². The highest BCUT2D eigenvalue weighted by atomic mass is 32.2. The SMILES string of the molecule is COc1ccc(S(=O)(=O)N(Cc2ccccc2)c2ccccc2C(=O)N/N=C\c2ccc(OCC(=O)NCc3ccccc3)cc2)cc1. The van der Waals surface area contributed by atoms with Crippen LogP contribution in [-0.4, -0.2) is 40.2 Å². The van der Waals surface area contributed by atoms with E-state index in [1.807, 2.05) is 60.7 Å². The largest absolute Gasteiger partial charge is 0.497 e. The molecule has 5 aromatic rings. The average molecular weight is 663 g/mol. The molecular formula is C37H34N4O6S. The van der Waals surface area contributed by atoms with Gasteiger partial charge in [-0.2, -0.15) is 5.10 Å². The van der Waals surface area contributed by atoms with Crippen LogP contribution in [0.15, 0.2) is 143 Å². The first kappa shape index (κ1) is 33.4. The Morgan fingerprint density at radius 3 is 2.02 bits per heavy atom. The lowest BCUT2D eigenvalue weighted by atomic mass is 10.1. The predicted octanol–water partition coefficient (Wildman–Crippen LogP) is 5.55. The Labute approximate surface area is 279 Å². The zero-order valence-corrected chi connectivity index (χ0v) is 27.0. The Morgan fingerprint density at radius 2 is 1.35 bits per heavy atom. The summed E-state index contributed by atoms with van der Waals surface area (Å²) in [5.41, 5.74) is 5.22. The molecule has 48 heavy (non-hydrogen) atoms. The van der Waals surface area contributed by atoms with E-state index in [-0.39, 0.29) is 35.2 Å². The van der Waals surface area contributed by atoms with E-state index in [0.717, 1.165) is 11.1 Å². The number of carbonyl (C=O) groups is 2. The number of carbonyl (C=O) groups excluding carboxylic acids is 2. The molecule has 11 heteroatoms. The van der Waals surface area contributed by atoms with E-state index in [0.29, 0.717) is 23.6 Å². The van der Waals surface area contributed by atoms with Crippen molar-refractivity contribution in [2.75, 3.05) is 18.0 Å². The van der Waals surface area contributed by atoms with E-state index in [2.05, 4.69) is 15.8 Å². The fourth-order valence-corrected chi connectivity index (χ4v) is 6.15. The monoisotopic (exact) mass is 662 g/mol. The van der Waals surface area contributed by atoms with Crippen molar-refractivity contribution in [1.29, 1.82) is 0 Å². The first-order valence-electron chi connectivity index (χ1n) is 15.0. The van der Waals surface area contributed by atoms with Crippen LogP contribution in [0.4, 0.5) is 5.69 Å². The minimum absolute atomic E-state index is 0.00807. The van der Waals surface area contributed by atoms with Crippen LogP contribution in [0, 0.1) is 0 Å². The summed E-state index contributed by atoms with van der Waals surface area (Å²) in [7, 11) is -2.60. The summed E-state index contributed by atoms with van der Waals surface area (Å²) < 4.78 is 40.0. The zero-order valence-electron chi connectivity index (χ0n) is 26.2. The summed E-state index contributed by atoms with van der Waals surface area (Å²) in [6, 6.07) is 38.1. The predicted molar refractivity (Wildman–Crippen MR) is 185 cm³/mol. The molecule has 5 rings (SSSR count). The van der Waals surface area contributed by atoms with Crippen LogP contribution in [0.25, 0.3) is 0 Å². The van der Waals surface area contributed by atoms with Crippen molar-refractivity contribution >= 4 is 33.7 Å². The Balaban J connectivity index is 1.26. The lowest BCUT2D eigenvalue weighted by molar-refractivity contribution is -0.123. The standard InChI is InChI=1S/C37H34N4O6S/c1-46-31-20-22-33(23-21-31)48(44,45)41(26-30-12-6-3-7-13-30)35-15-9-8-14-34(35)37(43)40-39-25-29-16-18-32(19-17-29)47-27-36(42)38-24-28-10-4-2-5-11-28/h2-23,25H,24,26-27H2,1H3,(H,38,42)(H,40,43)/b39-25-. The third-order valence-corrected chi connectivity index (χ3v) is 8.97. The third kappa shape index (κ3) is 8.86. The van der Waals surface area contributed by atoms with Crippen molar-refractivity contribution < 1.29 is 27.5 Å². The number of nitrogens with zero attached hydrogens (tertiary/aromatic N) is 2. The molecule has 2 amide bonds. The van der Waals surface area contributed by atoms with Crippen LogP contribution in [-0.2, 0) is 27.9 Å². The van der Waals surface area contributed by atoms with Crippen molar-refractivity contribution in [2.45, 2.75) is 18.0 Å². The molecule has 0 atom stereocenters. The highest BCUT2D eigenvalue weighted by Gasteiger charge is 2.28. The fourth-order valence-electron chi connectivity index (χ4n) is 4.68. The van der Waals surface area contributed by atoms with Crippen LogP contribution < -0.4 is 24.5 Å². The molecule has 10 nitrogen and oxygen atoms in total. The van der Waals surface area contributed by atoms with E-state index >= 15 is 0 Å². The van der Waals surface area contributed by atoms with Gasteiger partial charge in [-0.25, -0.2) is 13.8 Å². The molecule has 0 aliphatic carbocycles. The Morgan fingerprint density at radius 1 is 0.750 bits per heavy atom. The maximum absolute atomic E-state index is 14.0. The van der Waals surface area contributed by atoms with Gasteiger partial charge in [-0.15, -0.1) is 0 Å². The van der Waals surface area contributed by atoms with Gasteiger partial charge in [0, 0.05) is 6.54 Å². The normalized spacial score (nSPS) is 11.1. The first-order valence-corrected chi connectivity index (χ1v) is 16.4. The van der Waals surface area contributed by atoms with E-state index in [4.69, 9.17) is 9.47 Å². The van der Waals surface area contributed by atoms with Crippen LogP contribution in [0.2, 0.25) is 0 Å². The molecule has 0 saturated heterocycles. The maximum atomic E-state index is 14.0. The van der Waals surface area contributed by atoms with Crippen molar-refractivity contribution in [2.24, 2.45) is 5.10 Å². The minimum Gasteiger partial charge on any atom is -0.497 e. The number of anilines is 1. The van der Waals surface area contributed by atoms with Gasteiger partial charge in [-0.3, -0.25) is 13.9 Å². The van der Waals surface area contributed by atoms with Gasteiger partial charge in [0.15, 0.2) is 6.61 Å². The number of nitrogens with one attached hydrogen (secondary N) is 2. The van der Waals surface area contributed by atoms with Gasteiger partial charge in [-0.05, 0) is 77.4 Å². The highest BCUT2D eigenvalue weighted by molar-refractivity contribution is 7.92. The minimum atomic E-state index is -4.10. The summed E-state index contributed by atoms with van der Waals surface area (Å²) in [6.07, 6.45) is 1.45. The van der Waals surface area contributed by atoms with Crippen LogP contribution in [0.5, 0.6) is 11.5 Å². The van der Waals surface area contributed by atoms with Gasteiger partial charge in [0.25, 0.3) is 21.8 Å². The molecule has 0 aliphatic rings. The molecule has 0 heterocycles. The highest BCUT2D eigenvalue weighted by Crippen LogP contribution is 2.30. The summed E-state index contributed by atoms with van der Waals surface area (Å²) in [6.45, 7) is 0.273. The van der Waals surface area contributed by atoms with E-state index < -0.39 is 15.9 Å². The average Bonchev–Trinajstić information content (AvgIpc) is 3.13. The molecule has 0 saturated carbocycles. The number of amides is 2. The Bertz CT molecular complexity index is 1950. The van der Waals surface area contributed by atoms with Gasteiger partial charge >= 0.3 is 0 Å². The fraction of sp³-hybridized carbons (Fsp3) is 0.108. The number of methoxy groups -OCH3 is 1. The maximum Gasteiger partial charge on any atom is 0.273 e. The Hall–Kier alpha value is -5.94. The lowest BCUT2D eigenvalue weighted by Crippen LogP contribution is -2.33. The van der Waals surface area contributed by atoms with Crippen LogP contribution in [0.1, 0.15) is 27.0 Å². The topological polar surface area (TPSA) is 126 Å². The second-order valence-corrected chi connectivity index (χ2v) is 12.4. The number of hydrogen-bond donors (Lipinski definition) is 2. The Kier molecular flexibility index (Phi) is 11.2. The molecule has 5 aromatic carbocycles.